The molecule has 10 atom stereocenters. The largest absolute Gasteiger partial charge is 0.348 e. The first-order valence-electron chi connectivity index (χ1n) is 14.4. The van der Waals surface area contributed by atoms with E-state index in [0.29, 0.717) is 47.7 Å². The van der Waals surface area contributed by atoms with Crippen LogP contribution in [0, 0.1) is 46.3 Å². The summed E-state index contributed by atoms with van der Waals surface area (Å²) in [5.41, 5.74) is 7.50. The van der Waals surface area contributed by atoms with Crippen molar-refractivity contribution in [1.82, 2.24) is 5.32 Å². The van der Waals surface area contributed by atoms with Gasteiger partial charge in [0.05, 0.1) is 10.4 Å². The lowest BCUT2D eigenvalue weighted by molar-refractivity contribution is -0.144. The molecule has 6 heteroatoms. The zero-order chi connectivity index (χ0) is 25.8. The number of thiophene rings is 1. The van der Waals surface area contributed by atoms with Gasteiger partial charge in [-0.3, -0.25) is 9.59 Å². The Morgan fingerprint density at radius 3 is 2.64 bits per heavy atom. The first-order valence-corrected chi connectivity index (χ1v) is 15.6. The van der Waals surface area contributed by atoms with Gasteiger partial charge in [-0.2, -0.15) is 0 Å². The van der Waals surface area contributed by atoms with Crippen LogP contribution in [0.2, 0.25) is 4.34 Å². The normalized spacial score (nSPS) is 41.7. The number of rotatable bonds is 6. The zero-order valence-corrected chi connectivity index (χ0v) is 24.1. The molecule has 4 fully saturated rings. The number of carbonyl (C=O) groups excluding carboxylic acids is 2. The fourth-order valence-electron chi connectivity index (χ4n) is 9.66. The Labute approximate surface area is 226 Å². The number of hydrogen-bond acceptors (Lipinski definition) is 4. The van der Waals surface area contributed by atoms with E-state index in [4.69, 9.17) is 17.3 Å². The molecule has 3 N–H and O–H groups in total. The molecular formula is C30H45ClN2O2S. The van der Waals surface area contributed by atoms with Crippen LogP contribution in [-0.4, -0.2) is 17.7 Å². The minimum absolute atomic E-state index is 0.0425. The van der Waals surface area contributed by atoms with Crippen molar-refractivity contribution < 1.29 is 9.59 Å². The molecule has 4 aliphatic carbocycles. The molecule has 0 radical (unpaired) electrons. The molecule has 1 aromatic heterocycles. The van der Waals surface area contributed by atoms with Crippen molar-refractivity contribution in [2.75, 3.05) is 0 Å². The standard InChI is InChI=1S/C30H45ClN2O2S/c1-5-24(25-8-9-26(31)36-25)33-27(35)14-17(2)20-6-7-21-28-22(11-13-30(20,21)4)29(3)12-10-19(34)15-18(29)16-23(28)32/h8-9,17-18,20-24,28H,5-7,10-16,32H2,1-4H3,(H,33,35)/t17-,18+,20-,21+,22+,23-,24-,28+,29+,30-/m1/s1. The Balaban J connectivity index is 1.27. The minimum atomic E-state index is 0.0425. The third kappa shape index (κ3) is 4.49. The van der Waals surface area contributed by atoms with Gasteiger partial charge in [0.15, 0.2) is 0 Å². The molecule has 1 heterocycles. The fourth-order valence-corrected chi connectivity index (χ4v) is 10.9. The highest BCUT2D eigenvalue weighted by molar-refractivity contribution is 7.16. The Bertz CT molecular complexity index is 995. The van der Waals surface area contributed by atoms with Crippen molar-refractivity contribution >= 4 is 34.6 Å². The summed E-state index contributed by atoms with van der Waals surface area (Å²) in [4.78, 5) is 26.5. The van der Waals surface area contributed by atoms with Crippen LogP contribution in [-0.2, 0) is 9.59 Å². The van der Waals surface area contributed by atoms with E-state index in [1.807, 2.05) is 12.1 Å². The monoisotopic (exact) mass is 532 g/mol. The van der Waals surface area contributed by atoms with Gasteiger partial charge in [0.25, 0.3) is 0 Å². The Morgan fingerprint density at radius 2 is 1.94 bits per heavy atom. The predicted molar refractivity (Wildman–Crippen MR) is 148 cm³/mol. The number of carbonyl (C=O) groups is 2. The third-order valence-electron chi connectivity index (χ3n) is 11.5. The molecule has 0 spiro atoms. The highest BCUT2D eigenvalue weighted by atomic mass is 35.5. The maximum absolute atomic E-state index is 13.1. The average molecular weight is 533 g/mol. The van der Waals surface area contributed by atoms with Crippen LogP contribution in [0.1, 0.15) is 103 Å². The summed E-state index contributed by atoms with van der Waals surface area (Å²) in [6, 6.07) is 4.20. The minimum Gasteiger partial charge on any atom is -0.348 e. The summed E-state index contributed by atoms with van der Waals surface area (Å²) in [6.07, 6.45) is 9.97. The van der Waals surface area contributed by atoms with E-state index >= 15 is 0 Å². The molecule has 0 unspecified atom stereocenters. The molecule has 0 bridgehead atoms. The summed E-state index contributed by atoms with van der Waals surface area (Å²) in [6.45, 7) is 9.43. The molecule has 4 saturated carbocycles. The number of ketones is 1. The highest BCUT2D eigenvalue weighted by Gasteiger charge is 2.62. The van der Waals surface area contributed by atoms with Gasteiger partial charge < -0.3 is 11.1 Å². The number of amides is 1. The summed E-state index contributed by atoms with van der Waals surface area (Å²) < 4.78 is 0.771. The molecule has 36 heavy (non-hydrogen) atoms. The number of Topliss-reactive ketones (excluding diaryl/α,β-unsaturated/α-hetero) is 1. The maximum Gasteiger partial charge on any atom is 0.220 e. The van der Waals surface area contributed by atoms with E-state index in [0.717, 1.165) is 41.3 Å². The van der Waals surface area contributed by atoms with Crippen LogP contribution in [0.4, 0.5) is 0 Å². The van der Waals surface area contributed by atoms with Crippen molar-refractivity contribution in [2.24, 2.45) is 52.1 Å². The van der Waals surface area contributed by atoms with Crippen LogP contribution in [0.15, 0.2) is 12.1 Å². The van der Waals surface area contributed by atoms with Gasteiger partial charge in [0, 0.05) is 30.2 Å². The predicted octanol–water partition coefficient (Wildman–Crippen LogP) is 7.16. The second-order valence-corrected chi connectivity index (χ2v) is 15.0. The van der Waals surface area contributed by atoms with Gasteiger partial charge in [-0.05, 0) is 103 Å². The average Bonchev–Trinajstić information content (AvgIpc) is 3.41. The molecular weight excluding hydrogens is 488 g/mol. The first-order chi connectivity index (χ1) is 17.1. The van der Waals surface area contributed by atoms with Crippen LogP contribution >= 0.6 is 22.9 Å². The van der Waals surface area contributed by atoms with Crippen molar-refractivity contribution in [3.63, 3.8) is 0 Å². The van der Waals surface area contributed by atoms with Crippen LogP contribution in [0.3, 0.4) is 0 Å². The topological polar surface area (TPSA) is 72.2 Å². The van der Waals surface area contributed by atoms with Gasteiger partial charge in [0.2, 0.25) is 5.91 Å². The molecule has 1 aromatic rings. The third-order valence-corrected chi connectivity index (χ3v) is 12.9. The summed E-state index contributed by atoms with van der Waals surface area (Å²) in [5, 5.41) is 3.29. The van der Waals surface area contributed by atoms with Gasteiger partial charge in [-0.1, -0.05) is 39.3 Å². The van der Waals surface area contributed by atoms with Gasteiger partial charge in [0.1, 0.15) is 5.78 Å². The van der Waals surface area contributed by atoms with Crippen molar-refractivity contribution in [1.29, 1.82) is 0 Å². The maximum atomic E-state index is 13.1. The molecule has 0 saturated heterocycles. The number of nitrogens with one attached hydrogen (secondary N) is 1. The lowest BCUT2D eigenvalue weighted by Crippen LogP contribution is -2.60. The Kier molecular flexibility index (Phi) is 7.41. The lowest BCUT2D eigenvalue weighted by atomic mass is 9.43. The molecule has 4 nitrogen and oxygen atoms in total. The molecule has 0 aliphatic heterocycles. The number of hydrogen-bond donors (Lipinski definition) is 2. The summed E-state index contributed by atoms with van der Waals surface area (Å²) >= 11 is 7.70. The van der Waals surface area contributed by atoms with Crippen molar-refractivity contribution in [3.8, 4) is 0 Å². The van der Waals surface area contributed by atoms with Gasteiger partial charge >= 0.3 is 0 Å². The van der Waals surface area contributed by atoms with Crippen molar-refractivity contribution in [2.45, 2.75) is 104 Å². The lowest BCUT2D eigenvalue weighted by Gasteiger charge is -2.62. The number of halogens is 1. The van der Waals surface area contributed by atoms with Gasteiger partial charge in [-0.15, -0.1) is 11.3 Å². The molecule has 1 amide bonds. The second-order valence-electron chi connectivity index (χ2n) is 13.2. The Morgan fingerprint density at radius 1 is 1.19 bits per heavy atom. The van der Waals surface area contributed by atoms with Crippen LogP contribution < -0.4 is 11.1 Å². The highest BCUT2D eigenvalue weighted by Crippen LogP contribution is 2.68. The van der Waals surface area contributed by atoms with E-state index in [1.165, 1.54) is 25.7 Å². The molecule has 0 aromatic carbocycles. The van der Waals surface area contributed by atoms with Gasteiger partial charge in [-0.25, -0.2) is 0 Å². The summed E-state index contributed by atoms with van der Waals surface area (Å²) in [7, 11) is 0. The number of nitrogens with two attached hydrogens (primary N) is 1. The smallest absolute Gasteiger partial charge is 0.220 e. The zero-order valence-electron chi connectivity index (χ0n) is 22.5. The van der Waals surface area contributed by atoms with E-state index in [9.17, 15) is 9.59 Å². The first kappa shape index (κ1) is 26.7. The quantitative estimate of drug-likeness (QED) is 0.408. The molecule has 4 aliphatic rings. The van der Waals surface area contributed by atoms with E-state index in [2.05, 4.69) is 33.0 Å². The summed E-state index contributed by atoms with van der Waals surface area (Å²) in [5.74, 6) is 3.88. The second kappa shape index (κ2) is 10.0. The fraction of sp³-hybridized carbons (Fsp3) is 0.800. The van der Waals surface area contributed by atoms with Crippen molar-refractivity contribution in [3.05, 3.63) is 21.3 Å². The molecule has 200 valence electrons. The van der Waals surface area contributed by atoms with E-state index < -0.39 is 0 Å². The van der Waals surface area contributed by atoms with E-state index in [-0.39, 0.29) is 28.8 Å². The van der Waals surface area contributed by atoms with Crippen LogP contribution in [0.25, 0.3) is 0 Å². The number of fused-ring (bicyclic) bond motifs is 5. The molecule has 5 rings (SSSR count). The van der Waals surface area contributed by atoms with E-state index in [1.54, 1.807) is 11.3 Å². The Hall–Kier alpha value is -0.910. The SMILES string of the molecule is CC[C@@H](NC(=O)C[C@@H](C)[C@H]1CC[C@H]2[C@@H]3[C@H](N)C[C@@H]4CC(=O)CC[C@]4(C)[C@H]3CC[C@]12C)c1ccc(Cl)s1. The van der Waals surface area contributed by atoms with Crippen LogP contribution in [0.5, 0.6) is 0 Å².